The van der Waals surface area contributed by atoms with E-state index in [4.69, 9.17) is 4.74 Å². The van der Waals surface area contributed by atoms with E-state index in [0.717, 1.165) is 30.1 Å². The quantitative estimate of drug-likeness (QED) is 0.297. The molecule has 0 N–H and O–H groups in total. The van der Waals surface area contributed by atoms with Gasteiger partial charge in [-0.25, -0.2) is 4.79 Å². The van der Waals surface area contributed by atoms with Crippen LogP contribution in [-0.4, -0.2) is 34.6 Å². The topological polar surface area (TPSA) is 29.5 Å². The highest BCUT2D eigenvalue weighted by Gasteiger charge is 2.17. The molecule has 112 valence electrons. The minimum absolute atomic E-state index is 0.307. The number of carbonyl (C=O) groups is 1. The number of halogens is 2. The highest BCUT2D eigenvalue weighted by molar-refractivity contribution is 14.1. The van der Waals surface area contributed by atoms with E-state index in [0.29, 0.717) is 13.1 Å². The molecule has 0 radical (unpaired) electrons. The van der Waals surface area contributed by atoms with Crippen LogP contribution in [0.25, 0.3) is 0 Å². The van der Waals surface area contributed by atoms with Crippen LogP contribution < -0.4 is 0 Å². The summed E-state index contributed by atoms with van der Waals surface area (Å²) in [5.41, 5.74) is 0. The molecule has 1 amide bonds. The molecular weight excluding hydrogens is 480 g/mol. The first-order valence-corrected chi connectivity index (χ1v) is 9.38. The van der Waals surface area contributed by atoms with Gasteiger partial charge < -0.3 is 4.74 Å². The van der Waals surface area contributed by atoms with Gasteiger partial charge in [-0.2, -0.15) is 0 Å². The van der Waals surface area contributed by atoms with Gasteiger partial charge in [0.2, 0.25) is 0 Å². The van der Waals surface area contributed by atoms with Gasteiger partial charge in [0.25, 0.3) is 0 Å². The lowest BCUT2D eigenvalue weighted by Crippen LogP contribution is -2.35. The Kier molecular flexibility index (Phi) is 13.7. The first-order valence-electron chi connectivity index (χ1n) is 6.77. The Hall–Kier alpha value is -0.150. The van der Waals surface area contributed by atoms with Gasteiger partial charge in [-0.3, -0.25) is 4.90 Å². The van der Waals surface area contributed by atoms with E-state index in [1.807, 2.05) is 22.6 Å². The van der Waals surface area contributed by atoms with E-state index >= 15 is 0 Å². The number of ether oxygens (including phenoxy) is 1. The van der Waals surface area contributed by atoms with Crippen LogP contribution in [0.3, 0.4) is 0 Å². The third-order valence-electron chi connectivity index (χ3n) is 2.50. The van der Waals surface area contributed by atoms with Crippen molar-refractivity contribution in [1.29, 1.82) is 0 Å². The van der Waals surface area contributed by atoms with Crippen molar-refractivity contribution in [3.63, 3.8) is 0 Å². The van der Waals surface area contributed by atoms with Gasteiger partial charge >= 0.3 is 6.09 Å². The Bertz CT molecular complexity index is 390. The Morgan fingerprint density at radius 1 is 1.30 bits per heavy atom. The molecule has 0 heterocycles. The molecule has 0 saturated heterocycles. The zero-order valence-electron chi connectivity index (χ0n) is 12.0. The van der Waals surface area contributed by atoms with Crippen LogP contribution in [-0.2, 0) is 4.74 Å². The summed E-state index contributed by atoms with van der Waals surface area (Å²) in [7, 11) is 0. The molecule has 0 aliphatic heterocycles. The normalized spacial score (nSPS) is 10.6. The summed E-state index contributed by atoms with van der Waals surface area (Å²) in [6.45, 7) is 5.25. The first kappa shape index (κ1) is 19.9. The lowest BCUT2D eigenvalue weighted by Gasteiger charge is -2.21. The second-order valence-corrected chi connectivity index (χ2v) is 5.46. The van der Waals surface area contributed by atoms with E-state index in [1.165, 1.54) is 0 Å². The van der Waals surface area contributed by atoms with Crippen LogP contribution in [0.15, 0.2) is 0 Å². The van der Waals surface area contributed by atoms with E-state index in [9.17, 15) is 4.79 Å². The fraction of sp³-hybridized carbons (Fsp3) is 0.667. The average Bonchev–Trinajstić information content (AvgIpc) is 2.45. The molecule has 0 rings (SSSR count). The summed E-state index contributed by atoms with van der Waals surface area (Å²) in [6.07, 6.45) is 3.09. The van der Waals surface area contributed by atoms with Gasteiger partial charge in [0, 0.05) is 29.1 Å². The molecule has 0 aromatic carbocycles. The maximum absolute atomic E-state index is 12.2. The maximum atomic E-state index is 12.2. The zero-order chi connectivity index (χ0) is 15.2. The predicted molar refractivity (Wildman–Crippen MR) is 100 cm³/mol. The number of rotatable bonds is 7. The third kappa shape index (κ3) is 9.71. The monoisotopic (exact) mass is 501 g/mol. The van der Waals surface area contributed by atoms with Crippen LogP contribution >= 0.6 is 45.2 Å². The number of alkyl halides is 1. The number of carbonyl (C=O) groups excluding carboxylic acids is 1. The Labute approximate surface area is 149 Å². The molecule has 3 nitrogen and oxygen atoms in total. The molecule has 5 heteroatoms. The van der Waals surface area contributed by atoms with Crippen LogP contribution in [0.5, 0.6) is 0 Å². The van der Waals surface area contributed by atoms with Gasteiger partial charge in [-0.05, 0) is 16.8 Å². The predicted octanol–water partition coefficient (Wildman–Crippen LogP) is 4.23. The van der Waals surface area contributed by atoms with Gasteiger partial charge in [-0.15, -0.1) is 0 Å². The minimum atomic E-state index is -0.307. The summed E-state index contributed by atoms with van der Waals surface area (Å²) in [5, 5.41) is 0. The van der Waals surface area contributed by atoms with Gasteiger partial charge in [0.1, 0.15) is 0 Å². The minimum Gasteiger partial charge on any atom is -0.433 e. The fourth-order valence-electron chi connectivity index (χ4n) is 1.48. The molecule has 0 bridgehead atoms. The summed E-state index contributed by atoms with van der Waals surface area (Å²) >= 11 is 4.17. The smallest absolute Gasteiger partial charge is 0.411 e. The highest BCUT2D eigenvalue weighted by Crippen LogP contribution is 2.06. The summed E-state index contributed by atoms with van der Waals surface area (Å²) in [5.74, 6) is 8.89. The van der Waals surface area contributed by atoms with Crippen molar-refractivity contribution in [3.8, 4) is 21.7 Å². The number of amides is 1. The number of nitrogens with zero attached hydrogens (tertiary/aromatic N) is 1. The maximum Gasteiger partial charge on any atom is 0.411 e. The highest BCUT2D eigenvalue weighted by atomic mass is 127. The lowest BCUT2D eigenvalue weighted by atomic mass is 10.2. The van der Waals surface area contributed by atoms with Crippen molar-refractivity contribution >= 4 is 51.3 Å². The lowest BCUT2D eigenvalue weighted by molar-refractivity contribution is 0.0836. The molecule has 1 atom stereocenters. The molecule has 0 spiro atoms. The van der Waals surface area contributed by atoms with Gasteiger partial charge in [0.15, 0.2) is 6.10 Å². The van der Waals surface area contributed by atoms with Crippen LogP contribution in [0.1, 0.15) is 39.5 Å². The van der Waals surface area contributed by atoms with Crippen molar-refractivity contribution in [3.05, 3.63) is 0 Å². The van der Waals surface area contributed by atoms with Gasteiger partial charge in [-0.1, -0.05) is 67.0 Å². The van der Waals surface area contributed by atoms with Crippen molar-refractivity contribution < 1.29 is 9.53 Å². The van der Waals surface area contributed by atoms with Crippen molar-refractivity contribution in [1.82, 2.24) is 4.90 Å². The Morgan fingerprint density at radius 2 is 2.05 bits per heavy atom. The molecule has 0 aromatic rings. The first-order chi connectivity index (χ1) is 9.69. The molecule has 0 saturated carbocycles. The summed E-state index contributed by atoms with van der Waals surface area (Å²) < 4.78 is 9.02. The van der Waals surface area contributed by atoms with E-state index < -0.39 is 0 Å². The molecule has 20 heavy (non-hydrogen) atoms. The van der Waals surface area contributed by atoms with Crippen LogP contribution in [0, 0.1) is 21.7 Å². The Morgan fingerprint density at radius 3 is 2.60 bits per heavy atom. The van der Waals surface area contributed by atoms with Crippen LogP contribution in [0.2, 0.25) is 0 Å². The molecule has 0 aromatic heterocycles. The molecule has 0 aliphatic carbocycles. The standard InChI is InChI=1S/C15H21I2NO2/c1-3-5-12-18(13-7-11-17)15(19)20-14(8-4-2)9-6-10-16/h14H,3-5,8,10,12-13H2,1-2H3. The summed E-state index contributed by atoms with van der Waals surface area (Å²) in [4.78, 5) is 13.8. The number of hydrogen-bond acceptors (Lipinski definition) is 2. The third-order valence-corrected chi connectivity index (χ3v) is 3.26. The SMILES string of the molecule is CCCCN(CC#CI)C(=O)OC(C#CCI)CCC. The molecular formula is C15H21I2NO2. The second kappa shape index (κ2) is 13.8. The van der Waals surface area contributed by atoms with Crippen molar-refractivity contribution in [2.45, 2.75) is 45.6 Å². The largest absolute Gasteiger partial charge is 0.433 e. The number of unbranched alkanes of at least 4 members (excludes halogenated alkanes) is 1. The van der Waals surface area contributed by atoms with E-state index in [2.05, 4.69) is 58.1 Å². The Balaban J connectivity index is 4.61. The zero-order valence-corrected chi connectivity index (χ0v) is 16.4. The summed E-state index contributed by atoms with van der Waals surface area (Å²) in [6, 6.07) is 0. The molecule has 1 unspecified atom stereocenters. The molecule has 0 fully saturated rings. The van der Waals surface area contributed by atoms with Crippen molar-refractivity contribution in [2.75, 3.05) is 17.5 Å². The van der Waals surface area contributed by atoms with Gasteiger partial charge in [0.05, 0.1) is 11.0 Å². The van der Waals surface area contributed by atoms with E-state index in [-0.39, 0.29) is 12.2 Å². The average molecular weight is 501 g/mol. The second-order valence-electron chi connectivity index (χ2n) is 4.16. The number of hydrogen-bond donors (Lipinski definition) is 0. The van der Waals surface area contributed by atoms with Crippen LogP contribution in [0.4, 0.5) is 4.79 Å². The van der Waals surface area contributed by atoms with Crippen molar-refractivity contribution in [2.24, 2.45) is 0 Å². The van der Waals surface area contributed by atoms with E-state index in [1.54, 1.807) is 4.90 Å². The molecule has 0 aliphatic rings. The fourth-order valence-corrected chi connectivity index (χ4v) is 1.87.